The highest BCUT2D eigenvalue weighted by atomic mass is 16.5. The van der Waals surface area contributed by atoms with Gasteiger partial charge in [0.1, 0.15) is 0 Å². The summed E-state index contributed by atoms with van der Waals surface area (Å²) in [5.41, 5.74) is 5.52. The molecule has 0 saturated carbocycles. The molecular weight excluding hydrogens is 350 g/mol. The molecule has 28 heavy (non-hydrogen) atoms. The molecule has 0 amide bonds. The third-order valence-electron chi connectivity index (χ3n) is 5.16. The SMILES string of the molecule is COc1cc(-c2c(C)n(Cc3ccccc3)c3ccccc23)cc(O)c1OC. The molecule has 0 saturated heterocycles. The van der Waals surface area contributed by atoms with E-state index in [0.29, 0.717) is 11.5 Å². The van der Waals surface area contributed by atoms with Crippen LogP contribution >= 0.6 is 0 Å². The third kappa shape index (κ3) is 2.97. The van der Waals surface area contributed by atoms with Gasteiger partial charge in [-0.1, -0.05) is 48.5 Å². The van der Waals surface area contributed by atoms with Gasteiger partial charge in [0.05, 0.1) is 14.2 Å². The molecule has 0 aliphatic heterocycles. The Labute approximate surface area is 164 Å². The van der Waals surface area contributed by atoms with E-state index < -0.39 is 0 Å². The number of methoxy groups -OCH3 is 2. The zero-order valence-corrected chi connectivity index (χ0v) is 16.3. The molecule has 0 bridgehead atoms. The highest BCUT2D eigenvalue weighted by molar-refractivity contribution is 5.98. The number of hydrogen-bond acceptors (Lipinski definition) is 3. The Kier molecular flexibility index (Phi) is 4.70. The van der Waals surface area contributed by atoms with E-state index in [-0.39, 0.29) is 5.75 Å². The van der Waals surface area contributed by atoms with Crippen LogP contribution in [0.15, 0.2) is 66.7 Å². The van der Waals surface area contributed by atoms with Gasteiger partial charge in [-0.25, -0.2) is 0 Å². The maximum absolute atomic E-state index is 10.5. The highest BCUT2D eigenvalue weighted by Gasteiger charge is 2.19. The monoisotopic (exact) mass is 373 g/mol. The lowest BCUT2D eigenvalue weighted by molar-refractivity contribution is 0.333. The summed E-state index contributed by atoms with van der Waals surface area (Å²) >= 11 is 0. The van der Waals surface area contributed by atoms with Crippen LogP contribution in [0.2, 0.25) is 0 Å². The number of aromatic hydroxyl groups is 1. The lowest BCUT2D eigenvalue weighted by Crippen LogP contribution is -2.01. The number of fused-ring (bicyclic) bond motifs is 1. The summed E-state index contributed by atoms with van der Waals surface area (Å²) in [4.78, 5) is 0. The quantitative estimate of drug-likeness (QED) is 0.510. The Morgan fingerprint density at radius 2 is 1.61 bits per heavy atom. The second-order valence-corrected chi connectivity index (χ2v) is 6.78. The molecule has 4 nitrogen and oxygen atoms in total. The number of para-hydroxylation sites is 1. The molecule has 0 atom stereocenters. The van der Waals surface area contributed by atoms with Gasteiger partial charge in [-0.3, -0.25) is 0 Å². The van der Waals surface area contributed by atoms with Crippen LogP contribution in [-0.4, -0.2) is 23.9 Å². The van der Waals surface area contributed by atoms with Crippen molar-refractivity contribution in [3.05, 3.63) is 78.0 Å². The molecular formula is C24H23NO3. The number of benzene rings is 3. The van der Waals surface area contributed by atoms with Gasteiger partial charge < -0.3 is 19.1 Å². The van der Waals surface area contributed by atoms with Gasteiger partial charge in [0.25, 0.3) is 0 Å². The largest absolute Gasteiger partial charge is 0.504 e. The lowest BCUT2D eigenvalue weighted by Gasteiger charge is -2.13. The van der Waals surface area contributed by atoms with E-state index in [4.69, 9.17) is 9.47 Å². The molecule has 1 heterocycles. The van der Waals surface area contributed by atoms with Crippen molar-refractivity contribution in [2.24, 2.45) is 0 Å². The molecule has 0 radical (unpaired) electrons. The maximum Gasteiger partial charge on any atom is 0.203 e. The molecule has 1 aromatic heterocycles. The van der Waals surface area contributed by atoms with Gasteiger partial charge in [0, 0.05) is 28.7 Å². The average Bonchev–Trinajstić information content (AvgIpc) is 3.00. The first-order chi connectivity index (χ1) is 13.6. The Balaban J connectivity index is 1.94. The van der Waals surface area contributed by atoms with Crippen molar-refractivity contribution < 1.29 is 14.6 Å². The van der Waals surface area contributed by atoms with Gasteiger partial charge in [-0.2, -0.15) is 0 Å². The summed E-state index contributed by atoms with van der Waals surface area (Å²) in [6.07, 6.45) is 0. The van der Waals surface area contributed by atoms with Crippen LogP contribution in [0.1, 0.15) is 11.3 Å². The van der Waals surface area contributed by atoms with E-state index in [2.05, 4.69) is 54.0 Å². The van der Waals surface area contributed by atoms with Crippen LogP contribution < -0.4 is 9.47 Å². The third-order valence-corrected chi connectivity index (χ3v) is 5.16. The van der Waals surface area contributed by atoms with Gasteiger partial charge in [0.2, 0.25) is 5.75 Å². The smallest absolute Gasteiger partial charge is 0.203 e. The number of rotatable bonds is 5. The van der Waals surface area contributed by atoms with Crippen LogP contribution in [0.5, 0.6) is 17.2 Å². The first-order valence-corrected chi connectivity index (χ1v) is 9.21. The minimum atomic E-state index is 0.0659. The summed E-state index contributed by atoms with van der Waals surface area (Å²) in [5.74, 6) is 0.921. The van der Waals surface area contributed by atoms with Crippen LogP contribution in [0.3, 0.4) is 0 Å². The second kappa shape index (κ2) is 7.31. The molecule has 3 aromatic carbocycles. The van der Waals surface area contributed by atoms with Crippen LogP contribution in [0, 0.1) is 6.92 Å². The molecule has 4 heteroatoms. The molecule has 0 fully saturated rings. The predicted octanol–water partition coefficient (Wildman–Crippen LogP) is 5.39. The number of phenols is 1. The minimum Gasteiger partial charge on any atom is -0.504 e. The van der Waals surface area contributed by atoms with Crippen LogP contribution in [-0.2, 0) is 6.54 Å². The van der Waals surface area contributed by atoms with Crippen molar-refractivity contribution in [3.63, 3.8) is 0 Å². The topological polar surface area (TPSA) is 43.6 Å². The van der Waals surface area contributed by atoms with Crippen molar-refractivity contribution >= 4 is 10.9 Å². The molecule has 4 rings (SSSR count). The van der Waals surface area contributed by atoms with Crippen LogP contribution in [0.4, 0.5) is 0 Å². The Morgan fingerprint density at radius 3 is 2.32 bits per heavy atom. The van der Waals surface area contributed by atoms with Crippen molar-refractivity contribution in [3.8, 4) is 28.4 Å². The van der Waals surface area contributed by atoms with Gasteiger partial charge in [-0.05, 0) is 36.2 Å². The summed E-state index contributed by atoms with van der Waals surface area (Å²) in [7, 11) is 3.10. The van der Waals surface area contributed by atoms with E-state index in [0.717, 1.165) is 34.3 Å². The highest BCUT2D eigenvalue weighted by Crippen LogP contribution is 2.43. The normalized spacial score (nSPS) is 11.0. The Bertz CT molecular complexity index is 1130. The second-order valence-electron chi connectivity index (χ2n) is 6.78. The summed E-state index contributed by atoms with van der Waals surface area (Å²) in [5, 5.41) is 11.6. The fraction of sp³-hybridized carbons (Fsp3) is 0.167. The van der Waals surface area contributed by atoms with E-state index in [9.17, 15) is 5.11 Å². The number of hydrogen-bond donors (Lipinski definition) is 1. The average molecular weight is 373 g/mol. The summed E-state index contributed by atoms with van der Waals surface area (Å²) in [6.45, 7) is 2.90. The fourth-order valence-corrected chi connectivity index (χ4v) is 3.85. The minimum absolute atomic E-state index is 0.0659. The fourth-order valence-electron chi connectivity index (χ4n) is 3.85. The number of nitrogens with zero attached hydrogens (tertiary/aromatic N) is 1. The Morgan fingerprint density at radius 1 is 0.893 bits per heavy atom. The zero-order valence-electron chi connectivity index (χ0n) is 16.3. The van der Waals surface area contributed by atoms with Gasteiger partial charge in [-0.15, -0.1) is 0 Å². The first-order valence-electron chi connectivity index (χ1n) is 9.21. The van der Waals surface area contributed by atoms with Crippen LogP contribution in [0.25, 0.3) is 22.0 Å². The molecule has 0 unspecified atom stereocenters. The van der Waals surface area contributed by atoms with E-state index in [1.807, 2.05) is 18.2 Å². The van der Waals surface area contributed by atoms with Crippen molar-refractivity contribution in [1.29, 1.82) is 0 Å². The van der Waals surface area contributed by atoms with E-state index >= 15 is 0 Å². The zero-order chi connectivity index (χ0) is 19.7. The molecule has 0 aliphatic carbocycles. The maximum atomic E-state index is 10.5. The molecule has 0 spiro atoms. The predicted molar refractivity (Wildman–Crippen MR) is 112 cm³/mol. The van der Waals surface area contributed by atoms with Gasteiger partial charge >= 0.3 is 0 Å². The first kappa shape index (κ1) is 18.0. The lowest BCUT2D eigenvalue weighted by atomic mass is 10.0. The molecule has 4 aromatic rings. The van der Waals surface area contributed by atoms with Crippen molar-refractivity contribution in [2.45, 2.75) is 13.5 Å². The number of aromatic nitrogens is 1. The standard InChI is InChI=1S/C24H23NO3/c1-16-23(18-13-21(26)24(28-3)22(14-18)27-2)19-11-7-8-12-20(19)25(16)15-17-9-5-4-6-10-17/h4-14,26H,15H2,1-3H3. The number of ether oxygens (including phenoxy) is 2. The summed E-state index contributed by atoms with van der Waals surface area (Å²) in [6, 6.07) is 22.4. The van der Waals surface area contributed by atoms with Crippen molar-refractivity contribution in [1.82, 2.24) is 4.57 Å². The molecule has 142 valence electrons. The van der Waals surface area contributed by atoms with E-state index in [1.54, 1.807) is 13.2 Å². The van der Waals surface area contributed by atoms with E-state index in [1.165, 1.54) is 12.7 Å². The Hall–Kier alpha value is -3.40. The summed E-state index contributed by atoms with van der Waals surface area (Å²) < 4.78 is 13.0. The van der Waals surface area contributed by atoms with Gasteiger partial charge in [0.15, 0.2) is 11.5 Å². The molecule has 1 N–H and O–H groups in total. The number of phenolic OH excluding ortho intramolecular Hbond substituents is 1. The molecule has 0 aliphatic rings. The van der Waals surface area contributed by atoms with Crippen molar-refractivity contribution in [2.75, 3.05) is 14.2 Å².